The normalized spacial score (nSPS) is 14.6. The third kappa shape index (κ3) is 5.73. The van der Waals surface area contributed by atoms with Crippen molar-refractivity contribution in [2.45, 2.75) is 6.92 Å². The molecule has 0 aromatic heterocycles. The van der Waals surface area contributed by atoms with Crippen LogP contribution < -0.4 is 19.1 Å². The highest BCUT2D eigenvalue weighted by atomic mass is 127. The average molecular weight is 604 g/mol. The van der Waals surface area contributed by atoms with Gasteiger partial charge >= 0.3 is 0 Å². The van der Waals surface area contributed by atoms with Crippen LogP contribution in [0.15, 0.2) is 71.6 Å². The number of rotatable bonds is 8. The molecule has 0 radical (unpaired) electrons. The van der Waals surface area contributed by atoms with Gasteiger partial charge in [-0.3, -0.25) is 9.69 Å². The molecule has 4 rings (SSSR count). The van der Waals surface area contributed by atoms with Crippen LogP contribution in [0.2, 0.25) is 0 Å². The average Bonchev–Trinajstić information content (AvgIpc) is 3.10. The van der Waals surface area contributed by atoms with Gasteiger partial charge in [0.05, 0.1) is 21.3 Å². The standard InChI is InChI=1S/C26H22INO4S2/c1-17-7-6-10-20(13-17)31-11-12-32-24-21(27)14-18(15-22(24)30-2)16-23-25(29)28(26(33)34-23)19-8-4-3-5-9-19/h3-10,13-16H,11-12H2,1-2H3/b23-16-. The minimum Gasteiger partial charge on any atom is -0.493 e. The Morgan fingerprint density at radius 3 is 2.53 bits per heavy atom. The van der Waals surface area contributed by atoms with Crippen LogP contribution >= 0.6 is 46.6 Å². The molecule has 1 amide bonds. The number of hydrogen-bond donors (Lipinski definition) is 0. The summed E-state index contributed by atoms with van der Waals surface area (Å²) in [5.74, 6) is 1.91. The second-order valence-corrected chi connectivity index (χ2v) is 10.2. The molecule has 3 aromatic carbocycles. The molecule has 1 saturated heterocycles. The number of nitrogens with zero attached hydrogens (tertiary/aromatic N) is 1. The van der Waals surface area contributed by atoms with Gasteiger partial charge in [0, 0.05) is 0 Å². The fraction of sp³-hybridized carbons (Fsp3) is 0.154. The monoisotopic (exact) mass is 603 g/mol. The van der Waals surface area contributed by atoms with Crippen molar-refractivity contribution in [1.29, 1.82) is 0 Å². The number of halogens is 1. The van der Waals surface area contributed by atoms with Crippen molar-refractivity contribution in [3.8, 4) is 17.2 Å². The summed E-state index contributed by atoms with van der Waals surface area (Å²) in [7, 11) is 1.60. The zero-order chi connectivity index (χ0) is 24.1. The van der Waals surface area contributed by atoms with E-state index in [1.807, 2.05) is 79.7 Å². The van der Waals surface area contributed by atoms with Crippen LogP contribution in [0.4, 0.5) is 5.69 Å². The Morgan fingerprint density at radius 2 is 1.79 bits per heavy atom. The maximum Gasteiger partial charge on any atom is 0.270 e. The molecule has 0 N–H and O–H groups in total. The molecular weight excluding hydrogens is 581 g/mol. The smallest absolute Gasteiger partial charge is 0.270 e. The lowest BCUT2D eigenvalue weighted by molar-refractivity contribution is -0.113. The van der Waals surface area contributed by atoms with E-state index in [9.17, 15) is 4.79 Å². The first-order valence-corrected chi connectivity index (χ1v) is 12.8. The van der Waals surface area contributed by atoms with Gasteiger partial charge in [0.2, 0.25) is 0 Å². The van der Waals surface area contributed by atoms with Gasteiger partial charge in [0.1, 0.15) is 19.0 Å². The Bertz CT molecular complexity index is 1250. The number of benzene rings is 3. The largest absolute Gasteiger partial charge is 0.493 e. The molecule has 5 nitrogen and oxygen atoms in total. The zero-order valence-electron chi connectivity index (χ0n) is 18.6. The van der Waals surface area contributed by atoms with E-state index in [1.165, 1.54) is 11.8 Å². The van der Waals surface area contributed by atoms with E-state index in [-0.39, 0.29) is 5.91 Å². The Hall–Kier alpha value is -2.56. The third-order valence-corrected chi connectivity index (χ3v) is 7.05. The number of amides is 1. The van der Waals surface area contributed by atoms with Gasteiger partial charge in [0.25, 0.3) is 5.91 Å². The van der Waals surface area contributed by atoms with E-state index in [0.29, 0.717) is 33.9 Å². The molecule has 174 valence electrons. The SMILES string of the molecule is COc1cc(/C=C2\SC(=S)N(c3ccccc3)C2=O)cc(I)c1OCCOc1cccc(C)c1. The number of hydrogen-bond acceptors (Lipinski definition) is 6. The summed E-state index contributed by atoms with van der Waals surface area (Å²) in [6.45, 7) is 2.81. The summed E-state index contributed by atoms with van der Waals surface area (Å²) in [4.78, 5) is 15.1. The van der Waals surface area contributed by atoms with Gasteiger partial charge in [-0.2, -0.15) is 0 Å². The predicted octanol–water partition coefficient (Wildman–Crippen LogP) is 6.47. The first kappa shape index (κ1) is 24.6. The number of carbonyl (C=O) groups excluding carboxylic acids is 1. The fourth-order valence-electron chi connectivity index (χ4n) is 3.39. The second-order valence-electron chi connectivity index (χ2n) is 7.40. The molecule has 1 heterocycles. The Labute approximate surface area is 222 Å². The number of methoxy groups -OCH3 is 1. The number of carbonyl (C=O) groups is 1. The molecule has 1 aliphatic rings. The summed E-state index contributed by atoms with van der Waals surface area (Å²) >= 11 is 8.96. The van der Waals surface area contributed by atoms with Crippen LogP contribution in [-0.2, 0) is 4.79 Å². The van der Waals surface area contributed by atoms with E-state index in [2.05, 4.69) is 22.6 Å². The van der Waals surface area contributed by atoms with Crippen molar-refractivity contribution < 1.29 is 19.0 Å². The van der Waals surface area contributed by atoms with Crippen molar-refractivity contribution >= 4 is 68.6 Å². The summed E-state index contributed by atoms with van der Waals surface area (Å²) in [6, 6.07) is 21.1. The second kappa shape index (κ2) is 11.2. The maximum absolute atomic E-state index is 13.0. The van der Waals surface area contributed by atoms with Crippen molar-refractivity contribution in [3.05, 3.63) is 86.3 Å². The number of anilines is 1. The molecule has 8 heteroatoms. The first-order chi connectivity index (χ1) is 16.5. The van der Waals surface area contributed by atoms with Crippen molar-refractivity contribution in [3.63, 3.8) is 0 Å². The number of ether oxygens (including phenoxy) is 3. The highest BCUT2D eigenvalue weighted by Crippen LogP contribution is 2.38. The molecule has 0 bridgehead atoms. The van der Waals surface area contributed by atoms with E-state index in [1.54, 1.807) is 12.0 Å². The molecule has 0 saturated carbocycles. The van der Waals surface area contributed by atoms with Crippen molar-refractivity contribution in [1.82, 2.24) is 0 Å². The Morgan fingerprint density at radius 1 is 1.03 bits per heavy atom. The lowest BCUT2D eigenvalue weighted by Gasteiger charge is -2.15. The molecule has 1 fully saturated rings. The summed E-state index contributed by atoms with van der Waals surface area (Å²) < 4.78 is 18.7. The topological polar surface area (TPSA) is 48.0 Å². The van der Waals surface area contributed by atoms with Crippen LogP contribution in [0, 0.1) is 10.5 Å². The molecular formula is C26H22INO4S2. The minimum absolute atomic E-state index is 0.135. The van der Waals surface area contributed by atoms with Gasteiger partial charge in [-0.15, -0.1) is 0 Å². The van der Waals surface area contributed by atoms with E-state index < -0.39 is 0 Å². The van der Waals surface area contributed by atoms with Gasteiger partial charge < -0.3 is 14.2 Å². The number of thioether (sulfide) groups is 1. The van der Waals surface area contributed by atoms with Gasteiger partial charge in [-0.1, -0.05) is 54.3 Å². The molecule has 34 heavy (non-hydrogen) atoms. The van der Waals surface area contributed by atoms with E-state index in [4.69, 9.17) is 26.4 Å². The Kier molecular flexibility index (Phi) is 8.12. The lowest BCUT2D eigenvalue weighted by atomic mass is 10.1. The quantitative estimate of drug-likeness (QED) is 0.127. The van der Waals surface area contributed by atoms with Crippen molar-refractivity contribution in [2.75, 3.05) is 25.2 Å². The summed E-state index contributed by atoms with van der Waals surface area (Å²) in [5.41, 5.74) is 2.74. The minimum atomic E-state index is -0.135. The summed E-state index contributed by atoms with van der Waals surface area (Å²) in [5, 5.41) is 0. The van der Waals surface area contributed by atoms with E-state index >= 15 is 0 Å². The van der Waals surface area contributed by atoms with E-state index in [0.717, 1.165) is 26.1 Å². The van der Waals surface area contributed by atoms with Crippen LogP contribution in [0.3, 0.4) is 0 Å². The first-order valence-electron chi connectivity index (χ1n) is 10.5. The molecule has 0 aliphatic carbocycles. The number of aryl methyl sites for hydroxylation is 1. The van der Waals surface area contributed by atoms with Crippen molar-refractivity contribution in [2.24, 2.45) is 0 Å². The van der Waals surface area contributed by atoms with Crippen LogP contribution in [0.25, 0.3) is 6.08 Å². The molecule has 0 atom stereocenters. The summed E-state index contributed by atoms with van der Waals surface area (Å²) in [6.07, 6.45) is 1.83. The molecule has 3 aromatic rings. The van der Waals surface area contributed by atoms with Gasteiger partial charge in [0.15, 0.2) is 15.8 Å². The highest BCUT2D eigenvalue weighted by molar-refractivity contribution is 14.1. The Balaban J connectivity index is 1.46. The third-order valence-electron chi connectivity index (χ3n) is 4.95. The predicted molar refractivity (Wildman–Crippen MR) is 150 cm³/mol. The maximum atomic E-state index is 13.0. The highest BCUT2D eigenvalue weighted by Gasteiger charge is 2.33. The zero-order valence-corrected chi connectivity index (χ0v) is 22.4. The lowest BCUT2D eigenvalue weighted by Crippen LogP contribution is -2.27. The van der Waals surface area contributed by atoms with Crippen LogP contribution in [0.5, 0.6) is 17.2 Å². The number of thiocarbonyl (C=S) groups is 1. The molecule has 0 spiro atoms. The number of para-hydroxylation sites is 1. The van der Waals surface area contributed by atoms with Gasteiger partial charge in [-0.25, -0.2) is 0 Å². The fourth-order valence-corrected chi connectivity index (χ4v) is 5.47. The van der Waals surface area contributed by atoms with Crippen LogP contribution in [0.1, 0.15) is 11.1 Å². The molecule has 0 unspecified atom stereocenters. The van der Waals surface area contributed by atoms with Gasteiger partial charge in [-0.05, 0) is 83.1 Å². The molecule has 1 aliphatic heterocycles. The van der Waals surface area contributed by atoms with Crippen LogP contribution in [-0.4, -0.2) is 30.6 Å².